The summed E-state index contributed by atoms with van der Waals surface area (Å²) in [5.41, 5.74) is 0. The van der Waals surface area contributed by atoms with Gasteiger partial charge in [-0.25, -0.2) is 0 Å². The van der Waals surface area contributed by atoms with Crippen LogP contribution in [0.5, 0.6) is 0 Å². The zero-order valence-corrected chi connectivity index (χ0v) is 43.4. The summed E-state index contributed by atoms with van der Waals surface area (Å²) in [6.07, 6.45) is 56.9. The fourth-order valence-corrected chi connectivity index (χ4v) is 8.84. The molecule has 0 saturated carbocycles. The predicted octanol–water partition coefficient (Wildman–Crippen LogP) is 15.4. The third kappa shape index (κ3) is 48.7. The highest BCUT2D eigenvalue weighted by Crippen LogP contribution is 2.38. The summed E-state index contributed by atoms with van der Waals surface area (Å²) in [6, 6.07) is -0.899. The summed E-state index contributed by atoms with van der Waals surface area (Å²) >= 11 is 0. The van der Waals surface area contributed by atoms with Crippen LogP contribution in [0, 0.1) is 0 Å². The molecule has 0 radical (unpaired) electrons. The molecule has 0 spiro atoms. The van der Waals surface area contributed by atoms with Gasteiger partial charge in [-0.2, -0.15) is 0 Å². The van der Waals surface area contributed by atoms with Gasteiger partial charge in [0.05, 0.1) is 39.9 Å². The molecule has 63 heavy (non-hydrogen) atoms. The van der Waals surface area contributed by atoms with Crippen molar-refractivity contribution in [2.24, 2.45) is 0 Å². The largest absolute Gasteiger partial charge is 0.756 e. The van der Waals surface area contributed by atoms with Crippen molar-refractivity contribution in [1.29, 1.82) is 0 Å². The fourth-order valence-electron chi connectivity index (χ4n) is 8.11. The Morgan fingerprint density at radius 1 is 0.540 bits per heavy atom. The molecule has 2 N–H and O–H groups in total. The van der Waals surface area contributed by atoms with Gasteiger partial charge in [0.2, 0.25) is 5.91 Å². The SMILES string of the molecule is CCCCCCCCCC/C=C/CC/C=C/C(O)C(COP(=O)([O-])OCC[N+](C)(C)C)NC(=O)CCCCCCCCCCCCCCCCCCCCCCCCCCCCC. The number of likely N-dealkylation sites (N-methyl/N-ethyl adjacent to an activating group) is 1. The van der Waals surface area contributed by atoms with E-state index in [-0.39, 0.29) is 19.1 Å². The molecular weight excluding hydrogens is 804 g/mol. The highest BCUT2D eigenvalue weighted by Gasteiger charge is 2.23. The van der Waals surface area contributed by atoms with E-state index in [2.05, 4.69) is 31.3 Å². The zero-order chi connectivity index (χ0) is 46.4. The maximum atomic E-state index is 12.9. The topological polar surface area (TPSA) is 108 Å². The fraction of sp³-hybridized carbons (Fsp3) is 0.907. The number of nitrogens with zero attached hydrogens (tertiary/aromatic N) is 1. The lowest BCUT2D eigenvalue weighted by Crippen LogP contribution is -2.45. The van der Waals surface area contributed by atoms with Crippen LogP contribution in [0.3, 0.4) is 0 Å². The third-order valence-corrected chi connectivity index (χ3v) is 13.4. The number of rotatable bonds is 50. The molecule has 0 aliphatic rings. The van der Waals surface area contributed by atoms with E-state index < -0.39 is 20.0 Å². The number of aliphatic hydroxyl groups excluding tert-OH is 1. The summed E-state index contributed by atoms with van der Waals surface area (Å²) in [4.78, 5) is 25.4. The number of amides is 1. The van der Waals surface area contributed by atoms with Crippen LogP contribution in [-0.4, -0.2) is 68.5 Å². The summed E-state index contributed by atoms with van der Waals surface area (Å²) in [5, 5.41) is 13.8. The molecule has 374 valence electrons. The Hall–Kier alpha value is -1.02. The molecular formula is C54H107N2O6P. The van der Waals surface area contributed by atoms with E-state index >= 15 is 0 Å². The minimum atomic E-state index is -4.60. The number of carbonyl (C=O) groups excluding carboxylic acids is 1. The van der Waals surface area contributed by atoms with E-state index in [1.807, 2.05) is 27.2 Å². The first-order valence-electron chi connectivity index (χ1n) is 27.2. The maximum absolute atomic E-state index is 12.9. The third-order valence-electron chi connectivity index (χ3n) is 12.4. The van der Waals surface area contributed by atoms with Gasteiger partial charge in [0.25, 0.3) is 7.82 Å². The monoisotopic (exact) mass is 911 g/mol. The molecule has 0 rings (SSSR count). The second-order valence-corrected chi connectivity index (χ2v) is 21.3. The highest BCUT2D eigenvalue weighted by molar-refractivity contribution is 7.45. The Morgan fingerprint density at radius 3 is 1.29 bits per heavy atom. The molecule has 8 nitrogen and oxygen atoms in total. The smallest absolute Gasteiger partial charge is 0.268 e. The van der Waals surface area contributed by atoms with E-state index in [9.17, 15) is 19.4 Å². The first kappa shape index (κ1) is 62.0. The van der Waals surface area contributed by atoms with Gasteiger partial charge in [-0.3, -0.25) is 9.36 Å². The summed E-state index contributed by atoms with van der Waals surface area (Å²) in [6.45, 7) is 4.65. The molecule has 1 amide bonds. The Morgan fingerprint density at radius 2 is 0.889 bits per heavy atom. The average molecular weight is 911 g/mol. The van der Waals surface area contributed by atoms with Gasteiger partial charge in [-0.1, -0.05) is 250 Å². The number of quaternary nitrogens is 1. The van der Waals surface area contributed by atoms with Crippen LogP contribution in [0.15, 0.2) is 24.3 Å². The summed E-state index contributed by atoms with van der Waals surface area (Å²) in [5.74, 6) is -0.203. The second kappa shape index (κ2) is 46.1. The number of nitrogens with one attached hydrogen (secondary N) is 1. The van der Waals surface area contributed by atoms with Crippen LogP contribution in [0.2, 0.25) is 0 Å². The number of hydrogen-bond acceptors (Lipinski definition) is 6. The van der Waals surface area contributed by atoms with Crippen LogP contribution in [0.25, 0.3) is 0 Å². The standard InChI is InChI=1S/C54H107N2O6P/c1-6-8-10-12-14-16-18-20-22-23-24-25-26-27-28-29-30-31-32-33-34-36-38-40-42-44-46-48-54(58)55-52(51-62-63(59,60)61-50-49-56(3,4)5)53(57)47-45-43-41-39-37-35-21-19-17-15-13-11-9-7-2/h37,39,45,47,52-53,57H,6-36,38,40-44,46,48-51H2,1-5H3,(H-,55,58,59,60)/b39-37+,47-45+. The molecule has 0 aromatic heterocycles. The number of phosphoric ester groups is 1. The van der Waals surface area contributed by atoms with Crippen molar-refractivity contribution in [3.63, 3.8) is 0 Å². The number of unbranched alkanes of at least 4 members (excludes halogenated alkanes) is 35. The van der Waals surface area contributed by atoms with Crippen molar-refractivity contribution in [3.8, 4) is 0 Å². The van der Waals surface area contributed by atoms with Crippen LogP contribution < -0.4 is 10.2 Å². The lowest BCUT2D eigenvalue weighted by Gasteiger charge is -2.29. The van der Waals surface area contributed by atoms with Gasteiger partial charge in [0.1, 0.15) is 13.2 Å². The predicted molar refractivity (Wildman–Crippen MR) is 270 cm³/mol. The molecule has 0 aromatic carbocycles. The first-order chi connectivity index (χ1) is 30.5. The number of hydrogen-bond donors (Lipinski definition) is 2. The van der Waals surface area contributed by atoms with Crippen molar-refractivity contribution >= 4 is 13.7 Å². The Balaban J connectivity index is 4.13. The normalized spacial score (nSPS) is 14.2. The van der Waals surface area contributed by atoms with Crippen molar-refractivity contribution in [2.75, 3.05) is 40.9 Å². The minimum absolute atomic E-state index is 0.00401. The average Bonchev–Trinajstić information content (AvgIpc) is 3.24. The van der Waals surface area contributed by atoms with Crippen molar-refractivity contribution in [2.45, 2.75) is 276 Å². The number of aliphatic hydroxyl groups is 1. The van der Waals surface area contributed by atoms with Gasteiger partial charge in [0.15, 0.2) is 0 Å². The molecule has 9 heteroatoms. The van der Waals surface area contributed by atoms with Crippen LogP contribution >= 0.6 is 7.82 Å². The van der Waals surface area contributed by atoms with E-state index in [0.29, 0.717) is 17.4 Å². The molecule has 3 unspecified atom stereocenters. The molecule has 0 aromatic rings. The quantitative estimate of drug-likeness (QED) is 0.0272. The lowest BCUT2D eigenvalue weighted by molar-refractivity contribution is -0.870. The first-order valence-corrected chi connectivity index (χ1v) is 28.7. The highest BCUT2D eigenvalue weighted by atomic mass is 31.2. The minimum Gasteiger partial charge on any atom is -0.756 e. The Labute approximate surface area is 392 Å². The van der Waals surface area contributed by atoms with Crippen LogP contribution in [-0.2, 0) is 18.4 Å². The molecule has 0 aliphatic heterocycles. The van der Waals surface area contributed by atoms with Crippen molar-refractivity contribution < 1.29 is 32.9 Å². The zero-order valence-electron chi connectivity index (χ0n) is 42.5. The van der Waals surface area contributed by atoms with Gasteiger partial charge in [-0.15, -0.1) is 0 Å². The molecule has 0 saturated heterocycles. The summed E-state index contributed by atoms with van der Waals surface area (Å²) in [7, 11) is 1.25. The van der Waals surface area contributed by atoms with E-state index in [0.717, 1.165) is 38.5 Å². The van der Waals surface area contributed by atoms with Crippen molar-refractivity contribution in [3.05, 3.63) is 24.3 Å². The number of carbonyl (C=O) groups is 1. The number of phosphoric acid groups is 1. The second-order valence-electron chi connectivity index (χ2n) is 19.9. The lowest BCUT2D eigenvalue weighted by atomic mass is 10.0. The van der Waals surface area contributed by atoms with Crippen LogP contribution in [0.1, 0.15) is 264 Å². The van der Waals surface area contributed by atoms with Crippen molar-refractivity contribution in [1.82, 2.24) is 5.32 Å². The molecule has 0 aliphatic carbocycles. The summed E-state index contributed by atoms with van der Waals surface area (Å²) < 4.78 is 23.3. The number of allylic oxidation sites excluding steroid dienone is 3. The Kier molecular flexibility index (Phi) is 45.4. The van der Waals surface area contributed by atoms with E-state index in [1.54, 1.807) is 6.08 Å². The maximum Gasteiger partial charge on any atom is 0.268 e. The van der Waals surface area contributed by atoms with E-state index in [4.69, 9.17) is 9.05 Å². The molecule has 3 atom stereocenters. The van der Waals surface area contributed by atoms with Crippen LogP contribution in [0.4, 0.5) is 0 Å². The van der Waals surface area contributed by atoms with Gasteiger partial charge >= 0.3 is 0 Å². The van der Waals surface area contributed by atoms with Gasteiger partial charge in [-0.05, 0) is 32.1 Å². The van der Waals surface area contributed by atoms with E-state index in [1.165, 1.54) is 205 Å². The molecule has 0 heterocycles. The Bertz CT molecular complexity index is 1080. The molecule has 0 fully saturated rings. The molecule has 0 bridgehead atoms. The van der Waals surface area contributed by atoms with Gasteiger partial charge in [0, 0.05) is 6.42 Å². The van der Waals surface area contributed by atoms with Gasteiger partial charge < -0.3 is 28.8 Å².